The Morgan fingerprint density at radius 2 is 2.24 bits per heavy atom. The standard InChI is InChI=1S/C13H14FN5O2/c1-19-13(9(7-16-19)12(15)18-21)17-11(20)6-8-4-2-3-5-10(8)14/h2-5,7,21H,6H2,1H3,(H2,15,18)(H,17,20). The van der Waals surface area contributed by atoms with Crippen molar-refractivity contribution in [3.63, 3.8) is 0 Å². The summed E-state index contributed by atoms with van der Waals surface area (Å²) in [5.41, 5.74) is 6.06. The second-order valence-corrected chi connectivity index (χ2v) is 4.33. The third-order valence-corrected chi connectivity index (χ3v) is 2.89. The fourth-order valence-corrected chi connectivity index (χ4v) is 1.82. The number of nitrogens with two attached hydrogens (primary N) is 1. The zero-order valence-electron chi connectivity index (χ0n) is 11.2. The fourth-order valence-electron chi connectivity index (χ4n) is 1.82. The third kappa shape index (κ3) is 3.16. The number of rotatable bonds is 4. The van der Waals surface area contributed by atoms with Crippen molar-refractivity contribution in [1.29, 1.82) is 0 Å². The zero-order valence-corrected chi connectivity index (χ0v) is 11.2. The number of carbonyl (C=O) groups excluding carboxylic acids is 1. The van der Waals surface area contributed by atoms with Crippen molar-refractivity contribution >= 4 is 17.6 Å². The van der Waals surface area contributed by atoms with E-state index in [0.717, 1.165) is 0 Å². The van der Waals surface area contributed by atoms with Gasteiger partial charge in [-0.25, -0.2) is 4.39 Å². The molecular weight excluding hydrogens is 277 g/mol. The second-order valence-electron chi connectivity index (χ2n) is 4.33. The molecule has 7 nitrogen and oxygen atoms in total. The summed E-state index contributed by atoms with van der Waals surface area (Å²) in [6, 6.07) is 6.02. The Kier molecular flexibility index (Phi) is 4.17. The quantitative estimate of drug-likeness (QED) is 0.336. The van der Waals surface area contributed by atoms with Gasteiger partial charge in [-0.05, 0) is 11.6 Å². The topological polar surface area (TPSA) is 106 Å². The van der Waals surface area contributed by atoms with Gasteiger partial charge in [0.05, 0.1) is 18.2 Å². The highest BCUT2D eigenvalue weighted by atomic mass is 19.1. The molecule has 1 heterocycles. The number of benzene rings is 1. The van der Waals surface area contributed by atoms with E-state index in [1.807, 2.05) is 0 Å². The highest BCUT2D eigenvalue weighted by molar-refractivity contribution is 6.04. The Balaban J connectivity index is 2.17. The maximum Gasteiger partial charge on any atom is 0.230 e. The molecule has 0 unspecified atom stereocenters. The lowest BCUT2D eigenvalue weighted by Gasteiger charge is -2.08. The molecule has 2 aromatic rings. The lowest BCUT2D eigenvalue weighted by atomic mass is 10.1. The first kappa shape index (κ1) is 14.5. The summed E-state index contributed by atoms with van der Waals surface area (Å²) < 4.78 is 14.9. The minimum Gasteiger partial charge on any atom is -0.409 e. The molecule has 110 valence electrons. The highest BCUT2D eigenvalue weighted by Crippen LogP contribution is 2.15. The number of amidine groups is 1. The Morgan fingerprint density at radius 3 is 2.90 bits per heavy atom. The smallest absolute Gasteiger partial charge is 0.230 e. The van der Waals surface area contributed by atoms with Crippen LogP contribution in [0.5, 0.6) is 0 Å². The lowest BCUT2D eigenvalue weighted by molar-refractivity contribution is -0.115. The van der Waals surface area contributed by atoms with Crippen molar-refractivity contribution in [2.75, 3.05) is 5.32 Å². The van der Waals surface area contributed by atoms with E-state index in [0.29, 0.717) is 0 Å². The molecule has 1 aromatic carbocycles. The number of halogens is 1. The van der Waals surface area contributed by atoms with E-state index in [4.69, 9.17) is 10.9 Å². The van der Waals surface area contributed by atoms with Crippen LogP contribution in [0.15, 0.2) is 35.6 Å². The summed E-state index contributed by atoms with van der Waals surface area (Å²) >= 11 is 0. The van der Waals surface area contributed by atoms with Crippen LogP contribution < -0.4 is 11.1 Å². The van der Waals surface area contributed by atoms with Crippen LogP contribution in [-0.2, 0) is 18.3 Å². The van der Waals surface area contributed by atoms with Gasteiger partial charge in [-0.3, -0.25) is 9.48 Å². The summed E-state index contributed by atoms with van der Waals surface area (Å²) in [7, 11) is 1.59. The van der Waals surface area contributed by atoms with Crippen LogP contribution in [0.3, 0.4) is 0 Å². The normalized spacial score (nSPS) is 11.4. The van der Waals surface area contributed by atoms with Crippen LogP contribution in [0.25, 0.3) is 0 Å². The number of amides is 1. The minimum atomic E-state index is -0.450. The molecule has 2 rings (SSSR count). The molecule has 0 spiro atoms. The van der Waals surface area contributed by atoms with E-state index in [1.165, 1.54) is 23.0 Å². The van der Waals surface area contributed by atoms with E-state index in [-0.39, 0.29) is 29.2 Å². The summed E-state index contributed by atoms with van der Waals surface area (Å²) in [4.78, 5) is 12.0. The Labute approximate surface area is 119 Å². The van der Waals surface area contributed by atoms with Gasteiger partial charge in [-0.15, -0.1) is 0 Å². The summed E-state index contributed by atoms with van der Waals surface area (Å²) in [6.07, 6.45) is 1.22. The van der Waals surface area contributed by atoms with Gasteiger partial charge in [0.15, 0.2) is 5.84 Å². The van der Waals surface area contributed by atoms with Crippen molar-refractivity contribution in [1.82, 2.24) is 9.78 Å². The molecule has 1 amide bonds. The van der Waals surface area contributed by atoms with E-state index in [1.54, 1.807) is 19.2 Å². The van der Waals surface area contributed by atoms with Gasteiger partial charge in [0.2, 0.25) is 5.91 Å². The Bertz CT molecular complexity index is 696. The predicted octanol–water partition coefficient (Wildman–Crippen LogP) is 0.835. The van der Waals surface area contributed by atoms with Gasteiger partial charge < -0.3 is 16.3 Å². The number of anilines is 1. The van der Waals surface area contributed by atoms with Crippen LogP contribution in [0.2, 0.25) is 0 Å². The van der Waals surface area contributed by atoms with Crippen LogP contribution in [0, 0.1) is 5.82 Å². The van der Waals surface area contributed by atoms with Crippen molar-refractivity contribution in [3.05, 3.63) is 47.4 Å². The van der Waals surface area contributed by atoms with Crippen LogP contribution in [0.1, 0.15) is 11.1 Å². The number of hydrogen-bond acceptors (Lipinski definition) is 4. The Hall–Kier alpha value is -2.90. The molecule has 0 fully saturated rings. The Morgan fingerprint density at radius 1 is 1.52 bits per heavy atom. The van der Waals surface area contributed by atoms with Crippen molar-refractivity contribution in [3.8, 4) is 0 Å². The number of nitrogens with one attached hydrogen (secondary N) is 1. The zero-order chi connectivity index (χ0) is 15.4. The van der Waals surface area contributed by atoms with Crippen molar-refractivity contribution in [2.45, 2.75) is 6.42 Å². The van der Waals surface area contributed by atoms with Gasteiger partial charge in [-0.1, -0.05) is 23.4 Å². The molecular formula is C13H14FN5O2. The molecule has 4 N–H and O–H groups in total. The van der Waals surface area contributed by atoms with Gasteiger partial charge in [0.1, 0.15) is 11.6 Å². The second kappa shape index (κ2) is 6.04. The maximum atomic E-state index is 13.5. The number of aromatic nitrogens is 2. The van der Waals surface area contributed by atoms with E-state index in [2.05, 4.69) is 15.6 Å². The molecule has 0 aliphatic carbocycles. The molecule has 0 saturated carbocycles. The monoisotopic (exact) mass is 291 g/mol. The molecule has 1 aromatic heterocycles. The number of oxime groups is 1. The van der Waals surface area contributed by atoms with E-state index in [9.17, 15) is 9.18 Å². The fraction of sp³-hybridized carbons (Fsp3) is 0.154. The number of aryl methyl sites for hydroxylation is 1. The molecule has 0 aliphatic heterocycles. The largest absolute Gasteiger partial charge is 0.409 e. The number of carbonyl (C=O) groups is 1. The molecule has 0 bridgehead atoms. The predicted molar refractivity (Wildman–Crippen MR) is 74.5 cm³/mol. The average Bonchev–Trinajstić information content (AvgIpc) is 2.82. The first-order valence-corrected chi connectivity index (χ1v) is 6.06. The molecule has 0 radical (unpaired) electrons. The minimum absolute atomic E-state index is 0.131. The molecule has 8 heteroatoms. The summed E-state index contributed by atoms with van der Waals surface area (Å²) in [5.74, 6) is -0.791. The maximum absolute atomic E-state index is 13.5. The van der Waals surface area contributed by atoms with Crippen LogP contribution >= 0.6 is 0 Å². The third-order valence-electron chi connectivity index (χ3n) is 2.89. The molecule has 21 heavy (non-hydrogen) atoms. The van der Waals surface area contributed by atoms with Crippen molar-refractivity contribution < 1.29 is 14.4 Å². The molecule has 0 aliphatic rings. The SMILES string of the molecule is Cn1ncc(C(N)=NO)c1NC(=O)Cc1ccccc1F. The number of nitrogens with zero attached hydrogens (tertiary/aromatic N) is 3. The van der Waals surface area contributed by atoms with Gasteiger partial charge in [-0.2, -0.15) is 5.10 Å². The first-order valence-electron chi connectivity index (χ1n) is 6.06. The van der Waals surface area contributed by atoms with E-state index < -0.39 is 11.7 Å². The molecule has 0 saturated heterocycles. The molecule has 0 atom stereocenters. The summed E-state index contributed by atoms with van der Waals surface area (Å²) in [5, 5.41) is 18.1. The first-order chi connectivity index (χ1) is 10.0. The summed E-state index contributed by atoms with van der Waals surface area (Å²) in [6.45, 7) is 0. The average molecular weight is 291 g/mol. The van der Waals surface area contributed by atoms with Crippen molar-refractivity contribution in [2.24, 2.45) is 17.9 Å². The number of hydrogen-bond donors (Lipinski definition) is 3. The van der Waals surface area contributed by atoms with E-state index >= 15 is 0 Å². The van der Waals surface area contributed by atoms with Gasteiger partial charge in [0.25, 0.3) is 0 Å². The van der Waals surface area contributed by atoms with Gasteiger partial charge in [0, 0.05) is 7.05 Å². The lowest BCUT2D eigenvalue weighted by Crippen LogP contribution is -2.21. The van der Waals surface area contributed by atoms with Gasteiger partial charge >= 0.3 is 0 Å². The highest BCUT2D eigenvalue weighted by Gasteiger charge is 2.16. The van der Waals surface area contributed by atoms with Crippen LogP contribution in [0.4, 0.5) is 10.2 Å². The van der Waals surface area contributed by atoms with Crippen LogP contribution in [-0.4, -0.2) is 26.7 Å².